The van der Waals surface area contributed by atoms with Gasteiger partial charge in [-0.05, 0) is 72.8 Å². The third kappa shape index (κ3) is 9.67. The lowest BCUT2D eigenvalue weighted by Crippen LogP contribution is -2.47. The zero-order valence-corrected chi connectivity index (χ0v) is 30.8. The number of hydrogen-bond acceptors (Lipinski definition) is 13. The van der Waals surface area contributed by atoms with Crippen molar-refractivity contribution in [1.29, 1.82) is 0 Å². The molecule has 0 bridgehead atoms. The maximum atomic E-state index is 7.04. The summed E-state index contributed by atoms with van der Waals surface area (Å²) >= 11 is 0. The minimum atomic E-state index is -3.46. The van der Waals surface area contributed by atoms with E-state index >= 15 is 0 Å². The second kappa shape index (κ2) is 18.3. The fraction of sp³-hybridized carbons (Fsp3) is 0.111. The van der Waals surface area contributed by atoms with Crippen LogP contribution in [0.4, 0.5) is 0 Å². The smallest absolute Gasteiger partial charge is 0.418 e. The Bertz CT molecular complexity index is 1950. The molecule has 0 aliphatic carbocycles. The summed E-state index contributed by atoms with van der Waals surface area (Å²) in [6.07, 6.45) is 7.16. The molecule has 4 N–H and O–H groups in total. The highest BCUT2D eigenvalue weighted by molar-refractivity contribution is 7.80. The number of rotatable bonds is 16. The molecule has 1 aliphatic heterocycles. The highest BCUT2D eigenvalue weighted by atomic mass is 31.3. The van der Waals surface area contributed by atoms with Gasteiger partial charge < -0.3 is 9.05 Å². The summed E-state index contributed by atoms with van der Waals surface area (Å²) in [4.78, 5) is 18.4. The average Bonchev–Trinajstić information content (AvgIpc) is 3.20. The Balaban J connectivity index is 1.37. The number of aromatic nitrogens is 4. The molecular formula is C36H38N11O2P3. The predicted molar refractivity (Wildman–Crippen MR) is 205 cm³/mol. The van der Waals surface area contributed by atoms with Crippen molar-refractivity contribution in [1.82, 2.24) is 50.1 Å². The highest BCUT2D eigenvalue weighted by Crippen LogP contribution is 2.74. The molecule has 4 aromatic heterocycles. The number of pyridine rings is 4. The van der Waals surface area contributed by atoms with E-state index in [1.807, 2.05) is 138 Å². The number of hydrazine groups is 2. The van der Waals surface area contributed by atoms with Gasteiger partial charge in [0.05, 0.1) is 35.9 Å². The maximum absolute atomic E-state index is 7.04. The Morgan fingerprint density at radius 1 is 0.481 bits per heavy atom. The first-order valence-electron chi connectivity index (χ1n) is 16.6. The van der Waals surface area contributed by atoms with Crippen molar-refractivity contribution in [2.45, 2.75) is 26.2 Å². The van der Waals surface area contributed by atoms with E-state index in [-0.39, 0.29) is 0 Å². The van der Waals surface area contributed by atoms with Crippen molar-refractivity contribution in [3.63, 3.8) is 0 Å². The topological polar surface area (TPSA) is 137 Å². The predicted octanol–water partition coefficient (Wildman–Crippen LogP) is 7.73. The highest BCUT2D eigenvalue weighted by Gasteiger charge is 2.51. The van der Waals surface area contributed by atoms with E-state index in [1.165, 1.54) is 0 Å². The van der Waals surface area contributed by atoms with Crippen LogP contribution in [0.25, 0.3) is 0 Å². The van der Waals surface area contributed by atoms with Gasteiger partial charge >= 0.3 is 7.66 Å². The summed E-state index contributed by atoms with van der Waals surface area (Å²) in [5, 5.41) is 7.54. The molecule has 2 unspecified atom stereocenters. The van der Waals surface area contributed by atoms with E-state index in [4.69, 9.17) is 13.6 Å². The molecule has 0 saturated heterocycles. The Morgan fingerprint density at radius 3 is 1.37 bits per heavy atom. The second-order valence-electron chi connectivity index (χ2n) is 11.2. The summed E-state index contributed by atoms with van der Waals surface area (Å²) in [5.74, 6) is 1.24. The van der Waals surface area contributed by atoms with Crippen LogP contribution in [0.15, 0.2) is 163 Å². The van der Waals surface area contributed by atoms with Crippen LogP contribution in [0, 0.1) is 0 Å². The van der Waals surface area contributed by atoms with Crippen LogP contribution < -0.4 is 30.1 Å². The third-order valence-electron chi connectivity index (χ3n) is 7.42. The minimum Gasteiger partial charge on any atom is -0.418 e. The van der Waals surface area contributed by atoms with Crippen molar-refractivity contribution in [3.8, 4) is 11.5 Å². The summed E-state index contributed by atoms with van der Waals surface area (Å²) in [5.41, 5.74) is 10.8. The standard InChI is InChI=1S/C36H38N11O2P3/c1-3-19-35(20-4-1)48-52(49-36-21-5-2-6-22-36)45-50(43-29-33-17-9-13-25-39-33)46(41-27-31-15-7-11-23-37-31)51(44-30-34-18-10-14-26-40-34)47(52)42-28-32-16-8-12-24-38-32/h1-26,41-44H,27-30H2. The van der Waals surface area contributed by atoms with Crippen LogP contribution in [-0.4, -0.2) is 29.0 Å². The number of benzene rings is 2. The van der Waals surface area contributed by atoms with Crippen molar-refractivity contribution in [2.75, 3.05) is 0 Å². The molecular weight excluding hydrogens is 711 g/mol. The third-order valence-corrected chi connectivity index (χ3v) is 15.1. The van der Waals surface area contributed by atoms with Gasteiger partial charge in [0.1, 0.15) is 11.5 Å². The molecule has 7 rings (SSSR count). The Morgan fingerprint density at radius 2 is 0.904 bits per heavy atom. The maximum Gasteiger partial charge on any atom is 0.423 e. The molecule has 13 nitrogen and oxygen atoms in total. The van der Waals surface area contributed by atoms with Crippen molar-refractivity contribution in [3.05, 3.63) is 181 Å². The molecule has 2 atom stereocenters. The molecule has 0 amide bonds. The average molecular weight is 750 g/mol. The molecule has 0 spiro atoms. The summed E-state index contributed by atoms with van der Waals surface area (Å²) in [6.45, 7) is 1.74. The Kier molecular flexibility index (Phi) is 12.6. The van der Waals surface area contributed by atoms with Crippen molar-refractivity contribution >= 4 is 24.4 Å². The molecule has 0 radical (unpaired) electrons. The zero-order valence-electron chi connectivity index (χ0n) is 28.1. The van der Waals surface area contributed by atoms with Gasteiger partial charge in [-0.25, -0.2) is 10.9 Å². The van der Waals surface area contributed by atoms with Gasteiger partial charge in [0.25, 0.3) is 0 Å². The summed E-state index contributed by atoms with van der Waals surface area (Å²) in [7, 11) is -6.59. The van der Waals surface area contributed by atoms with Crippen LogP contribution in [-0.2, 0) is 26.2 Å². The fourth-order valence-electron chi connectivity index (χ4n) is 4.96. The van der Waals surface area contributed by atoms with Gasteiger partial charge in [0.15, 0.2) is 16.7 Å². The minimum absolute atomic E-state index is 0.381. The molecule has 2 aromatic carbocycles. The lowest BCUT2D eigenvalue weighted by Gasteiger charge is -2.48. The number of hydrogen-bond donors (Lipinski definition) is 4. The van der Waals surface area contributed by atoms with Gasteiger partial charge in [-0.2, -0.15) is 4.52 Å². The van der Waals surface area contributed by atoms with E-state index in [0.717, 1.165) is 22.8 Å². The molecule has 52 heavy (non-hydrogen) atoms. The van der Waals surface area contributed by atoms with Gasteiger partial charge in [-0.1, -0.05) is 65.2 Å². The van der Waals surface area contributed by atoms with Crippen LogP contribution in [0.3, 0.4) is 0 Å². The largest absolute Gasteiger partial charge is 0.423 e. The number of nitrogens with one attached hydrogen (secondary N) is 4. The SMILES string of the molecule is c1ccc(OP2(Oc3ccccc3)=NP(NCc3ccccn3)N(NCc3ccccn3)P(NCc3ccccn3)N2NCc2ccccn2)cc1. The van der Waals surface area contributed by atoms with Crippen molar-refractivity contribution in [2.24, 2.45) is 4.52 Å². The quantitative estimate of drug-likeness (QED) is 0.0721. The normalized spacial score (nSPS) is 17.2. The Labute approximate surface area is 305 Å². The zero-order chi connectivity index (χ0) is 35.3. The molecule has 16 heteroatoms. The van der Waals surface area contributed by atoms with Gasteiger partial charge in [0, 0.05) is 37.9 Å². The molecule has 264 valence electrons. The first-order chi connectivity index (χ1) is 25.7. The molecule has 6 aromatic rings. The summed E-state index contributed by atoms with van der Waals surface area (Å²) in [6, 6.07) is 42.8. The fourth-order valence-corrected chi connectivity index (χ4v) is 13.6. The molecule has 0 saturated carbocycles. The number of nitrogens with zero attached hydrogens (tertiary/aromatic N) is 7. The van der Waals surface area contributed by atoms with Crippen LogP contribution >= 0.6 is 24.4 Å². The second-order valence-corrected chi connectivity index (χ2v) is 17.3. The van der Waals surface area contributed by atoms with Crippen molar-refractivity contribution < 1.29 is 9.05 Å². The van der Waals surface area contributed by atoms with Gasteiger partial charge in [0.2, 0.25) is 0 Å². The molecule has 5 heterocycles. The lowest BCUT2D eigenvalue weighted by atomic mass is 10.3. The van der Waals surface area contributed by atoms with Crippen LogP contribution in [0.1, 0.15) is 22.8 Å². The lowest BCUT2D eigenvalue weighted by molar-refractivity contribution is 0.342. The monoisotopic (exact) mass is 749 g/mol. The summed E-state index contributed by atoms with van der Waals surface area (Å²) < 4.78 is 23.8. The van der Waals surface area contributed by atoms with Gasteiger partial charge in [-0.15, -0.1) is 4.55 Å². The van der Waals surface area contributed by atoms with Crippen LogP contribution in [0.2, 0.25) is 0 Å². The molecule has 1 aliphatic rings. The van der Waals surface area contributed by atoms with Gasteiger partial charge in [-0.3, -0.25) is 30.1 Å². The first-order valence-corrected chi connectivity index (χ1v) is 20.6. The van der Waals surface area contributed by atoms with Crippen LogP contribution in [0.5, 0.6) is 11.5 Å². The first kappa shape index (κ1) is 35.9. The Hall–Kier alpha value is -4.51. The van der Waals surface area contributed by atoms with E-state index in [9.17, 15) is 0 Å². The van der Waals surface area contributed by atoms with E-state index in [2.05, 4.69) is 45.5 Å². The molecule has 0 fully saturated rings. The van der Waals surface area contributed by atoms with E-state index in [0.29, 0.717) is 37.7 Å². The van der Waals surface area contributed by atoms with E-state index in [1.54, 1.807) is 24.8 Å². The van der Waals surface area contributed by atoms with E-state index < -0.39 is 24.4 Å². The number of para-hydroxylation sites is 2.